The van der Waals surface area contributed by atoms with Crippen molar-refractivity contribution in [1.82, 2.24) is 0 Å². The summed E-state index contributed by atoms with van der Waals surface area (Å²) in [6, 6.07) is 3.51. The molecule has 0 saturated carbocycles. The average molecular weight is 414 g/mol. The molecule has 0 N–H and O–H groups in total. The molecule has 0 aromatic heterocycles. The van der Waals surface area contributed by atoms with Gasteiger partial charge in [0.25, 0.3) is 11.7 Å². The Labute approximate surface area is 172 Å². The second kappa shape index (κ2) is 9.60. The van der Waals surface area contributed by atoms with Crippen LogP contribution in [-0.2, 0) is 20.1 Å². The Morgan fingerprint density at radius 3 is 2.30 bits per heavy atom. The van der Waals surface area contributed by atoms with Crippen molar-refractivity contribution in [3.05, 3.63) is 27.7 Å². The maximum atomic E-state index is 13.2. The molecule has 6 heteroatoms. The van der Waals surface area contributed by atoms with Crippen LogP contribution in [0.4, 0.5) is 5.69 Å². The number of amides is 1. The van der Waals surface area contributed by atoms with Crippen molar-refractivity contribution in [3.63, 3.8) is 0 Å². The van der Waals surface area contributed by atoms with Gasteiger partial charge in [-0.2, -0.15) is 0 Å². The summed E-state index contributed by atoms with van der Waals surface area (Å²) in [5.41, 5.74) is 1.33. The van der Waals surface area contributed by atoms with Crippen LogP contribution in [0.1, 0.15) is 70.3 Å². The van der Waals surface area contributed by atoms with Crippen LogP contribution in [0.5, 0.6) is 0 Å². The Kier molecular flexibility index (Phi) is 7.43. The number of hydrogen-bond donors (Lipinski definition) is 0. The molecule has 27 heavy (non-hydrogen) atoms. The van der Waals surface area contributed by atoms with Gasteiger partial charge >= 0.3 is 0 Å². The van der Waals surface area contributed by atoms with Crippen molar-refractivity contribution in [2.45, 2.75) is 70.5 Å². The summed E-state index contributed by atoms with van der Waals surface area (Å²) in [5, 5.41) is 0.841. The largest absolute Gasteiger partial charge is 0.338 e. The van der Waals surface area contributed by atoms with Gasteiger partial charge in [-0.1, -0.05) is 75.1 Å². The first-order valence-electron chi connectivity index (χ1n) is 10.2. The highest BCUT2D eigenvalue weighted by molar-refractivity contribution is 6.44. The molecular weight excluding hydrogens is 385 g/mol. The summed E-state index contributed by atoms with van der Waals surface area (Å²) < 4.78 is 11.7. The van der Waals surface area contributed by atoms with Crippen LogP contribution in [-0.4, -0.2) is 25.7 Å². The molecule has 4 nitrogen and oxygen atoms in total. The standard InChI is InChI=1S/C21H29Cl2NO3/c1-2-3-4-5-6-7-8-9-13-24-19-16(11-12-17(22)18(19)23)21(20(24)25)26-14-10-15-27-21/h11-12H,2-10,13-15H2,1H3. The maximum absolute atomic E-state index is 13.2. The van der Waals surface area contributed by atoms with Crippen LogP contribution in [0.25, 0.3) is 0 Å². The first-order valence-corrected chi connectivity index (χ1v) is 11.0. The molecule has 1 amide bonds. The zero-order valence-electron chi connectivity index (χ0n) is 16.1. The average Bonchev–Trinajstić information content (AvgIpc) is 2.90. The minimum absolute atomic E-state index is 0.177. The molecule has 0 bridgehead atoms. The van der Waals surface area contributed by atoms with Crippen molar-refractivity contribution in [2.24, 2.45) is 0 Å². The Morgan fingerprint density at radius 2 is 1.63 bits per heavy atom. The molecule has 150 valence electrons. The van der Waals surface area contributed by atoms with Crippen LogP contribution < -0.4 is 4.90 Å². The fourth-order valence-electron chi connectivity index (χ4n) is 3.89. The maximum Gasteiger partial charge on any atom is 0.292 e. The lowest BCUT2D eigenvalue weighted by molar-refractivity contribution is -0.256. The van der Waals surface area contributed by atoms with Gasteiger partial charge in [-0.25, -0.2) is 0 Å². The third-order valence-corrected chi connectivity index (χ3v) is 6.15. The van der Waals surface area contributed by atoms with E-state index >= 15 is 0 Å². The second-order valence-corrected chi connectivity index (χ2v) is 8.14. The SMILES string of the molecule is CCCCCCCCCCN1C(=O)C2(OCCCO2)c2ccc(Cl)c(Cl)c21. The van der Waals surface area contributed by atoms with E-state index in [1.807, 2.05) is 0 Å². The fraction of sp³-hybridized carbons (Fsp3) is 0.667. The molecule has 0 aliphatic carbocycles. The number of halogens is 2. The molecule has 2 aliphatic rings. The highest BCUT2D eigenvalue weighted by atomic mass is 35.5. The monoisotopic (exact) mass is 413 g/mol. The molecule has 3 rings (SSSR count). The van der Waals surface area contributed by atoms with Gasteiger partial charge in [0.05, 0.1) is 28.9 Å². The molecule has 1 spiro atoms. The number of carbonyl (C=O) groups is 1. The van der Waals surface area contributed by atoms with Gasteiger partial charge in [0.15, 0.2) is 0 Å². The number of ether oxygens (including phenoxy) is 2. The highest BCUT2D eigenvalue weighted by Crippen LogP contribution is 2.50. The number of carbonyl (C=O) groups excluding carboxylic acids is 1. The molecule has 1 aromatic carbocycles. The molecule has 1 fully saturated rings. The Hall–Kier alpha value is -0.810. The van der Waals surface area contributed by atoms with E-state index in [-0.39, 0.29) is 5.91 Å². The van der Waals surface area contributed by atoms with E-state index in [0.717, 1.165) is 19.3 Å². The van der Waals surface area contributed by atoms with E-state index in [0.29, 0.717) is 41.1 Å². The van der Waals surface area contributed by atoms with Gasteiger partial charge in [0, 0.05) is 12.1 Å². The van der Waals surface area contributed by atoms with Crippen molar-refractivity contribution in [3.8, 4) is 0 Å². The number of nitrogens with zero attached hydrogens (tertiary/aromatic N) is 1. The van der Waals surface area contributed by atoms with Gasteiger partial charge in [-0.15, -0.1) is 0 Å². The zero-order chi connectivity index (χ0) is 19.3. The van der Waals surface area contributed by atoms with E-state index in [2.05, 4.69) is 6.92 Å². The number of benzene rings is 1. The molecule has 1 aromatic rings. The first kappa shape index (κ1) is 20.9. The van der Waals surface area contributed by atoms with Gasteiger partial charge < -0.3 is 14.4 Å². The van der Waals surface area contributed by atoms with Crippen molar-refractivity contribution in [1.29, 1.82) is 0 Å². The lowest BCUT2D eigenvalue weighted by Crippen LogP contribution is -2.47. The Bertz CT molecular complexity index is 659. The van der Waals surface area contributed by atoms with Crippen LogP contribution in [0.15, 0.2) is 12.1 Å². The molecule has 0 atom stereocenters. The smallest absolute Gasteiger partial charge is 0.292 e. The van der Waals surface area contributed by atoms with Gasteiger partial charge in [0.2, 0.25) is 0 Å². The third kappa shape index (κ3) is 4.29. The summed E-state index contributed by atoms with van der Waals surface area (Å²) >= 11 is 12.7. The van der Waals surface area contributed by atoms with Crippen molar-refractivity contribution < 1.29 is 14.3 Å². The predicted octanol–water partition coefficient (Wildman–Crippen LogP) is 6.07. The van der Waals surface area contributed by atoms with E-state index < -0.39 is 5.79 Å². The Morgan fingerprint density at radius 1 is 1.00 bits per heavy atom. The van der Waals surface area contributed by atoms with E-state index in [1.165, 1.54) is 38.5 Å². The lowest BCUT2D eigenvalue weighted by atomic mass is 10.1. The number of unbranched alkanes of at least 4 members (excludes halogenated alkanes) is 7. The number of hydrogen-bond acceptors (Lipinski definition) is 3. The molecular formula is C21H29Cl2NO3. The van der Waals surface area contributed by atoms with E-state index in [4.69, 9.17) is 32.7 Å². The summed E-state index contributed by atoms with van der Waals surface area (Å²) in [6.07, 6.45) is 10.5. The first-order chi connectivity index (χ1) is 13.1. The third-order valence-electron chi connectivity index (χ3n) is 5.35. The number of fused-ring (bicyclic) bond motifs is 2. The van der Waals surface area contributed by atoms with Gasteiger partial charge in [0.1, 0.15) is 0 Å². The highest BCUT2D eigenvalue weighted by Gasteiger charge is 2.55. The molecule has 1 saturated heterocycles. The van der Waals surface area contributed by atoms with Crippen LogP contribution in [0.3, 0.4) is 0 Å². The van der Waals surface area contributed by atoms with Crippen LogP contribution in [0, 0.1) is 0 Å². The molecule has 2 heterocycles. The summed E-state index contributed by atoms with van der Waals surface area (Å²) in [5.74, 6) is -1.52. The summed E-state index contributed by atoms with van der Waals surface area (Å²) in [6.45, 7) is 3.83. The zero-order valence-corrected chi connectivity index (χ0v) is 17.6. The Balaban J connectivity index is 1.66. The van der Waals surface area contributed by atoms with E-state index in [1.54, 1.807) is 17.0 Å². The van der Waals surface area contributed by atoms with Crippen LogP contribution in [0.2, 0.25) is 10.0 Å². The fourth-order valence-corrected chi connectivity index (χ4v) is 4.31. The topological polar surface area (TPSA) is 38.8 Å². The molecule has 0 radical (unpaired) electrons. The quantitative estimate of drug-likeness (QED) is 0.461. The van der Waals surface area contributed by atoms with E-state index in [9.17, 15) is 4.79 Å². The normalized spacial score (nSPS) is 18.3. The number of rotatable bonds is 9. The van der Waals surface area contributed by atoms with Gasteiger partial charge in [-0.05, 0) is 25.0 Å². The number of anilines is 1. The second-order valence-electron chi connectivity index (χ2n) is 7.36. The summed E-state index contributed by atoms with van der Waals surface area (Å²) in [4.78, 5) is 14.9. The minimum atomic E-state index is -1.35. The van der Waals surface area contributed by atoms with Crippen molar-refractivity contribution in [2.75, 3.05) is 24.7 Å². The molecule has 0 unspecified atom stereocenters. The minimum Gasteiger partial charge on any atom is -0.338 e. The lowest BCUT2D eigenvalue weighted by Gasteiger charge is -2.32. The van der Waals surface area contributed by atoms with Gasteiger partial charge in [-0.3, -0.25) is 4.79 Å². The predicted molar refractivity (Wildman–Crippen MR) is 110 cm³/mol. The van der Waals surface area contributed by atoms with Crippen LogP contribution >= 0.6 is 23.2 Å². The molecule has 2 aliphatic heterocycles. The summed E-state index contributed by atoms with van der Waals surface area (Å²) in [7, 11) is 0. The van der Waals surface area contributed by atoms with Crippen molar-refractivity contribution >= 4 is 34.8 Å².